The molecule has 0 spiro atoms. The highest BCUT2D eigenvalue weighted by atomic mass is 35.5. The van der Waals surface area contributed by atoms with Gasteiger partial charge in [-0.05, 0) is 31.7 Å². The van der Waals surface area contributed by atoms with Crippen LogP contribution in [0.25, 0.3) is 11.0 Å². The minimum absolute atomic E-state index is 0.436. The van der Waals surface area contributed by atoms with E-state index in [1.807, 2.05) is 13.0 Å². The number of pyridine rings is 1. The lowest BCUT2D eigenvalue weighted by Gasteiger charge is -2.31. The van der Waals surface area contributed by atoms with Crippen molar-refractivity contribution >= 4 is 38.4 Å². The van der Waals surface area contributed by atoms with Crippen LogP contribution in [-0.4, -0.2) is 42.9 Å². The Balaban J connectivity index is 1.68. The summed E-state index contributed by atoms with van der Waals surface area (Å²) in [5.74, 6) is 0.436. The van der Waals surface area contributed by atoms with E-state index >= 15 is 0 Å². The third-order valence-corrected chi connectivity index (χ3v) is 5.82. The molecule has 0 amide bonds. The van der Waals surface area contributed by atoms with E-state index in [4.69, 9.17) is 21.5 Å². The second-order valence-corrected chi connectivity index (χ2v) is 8.00. The summed E-state index contributed by atoms with van der Waals surface area (Å²) in [4.78, 5) is 4.37. The molecule has 1 aliphatic rings. The van der Waals surface area contributed by atoms with Gasteiger partial charge in [0.25, 0.3) is 0 Å². The van der Waals surface area contributed by atoms with Gasteiger partial charge in [0.15, 0.2) is 20.9 Å². The maximum atomic E-state index is 11.6. The van der Waals surface area contributed by atoms with Crippen LogP contribution in [0, 0.1) is 10.7 Å². The quantitative estimate of drug-likeness (QED) is 0.746. The topological polar surface area (TPSA) is 113 Å². The van der Waals surface area contributed by atoms with E-state index in [0.717, 1.165) is 36.1 Å². The summed E-state index contributed by atoms with van der Waals surface area (Å²) in [5.41, 5.74) is 1.70. The molecule has 0 aliphatic carbocycles. The van der Waals surface area contributed by atoms with Gasteiger partial charge in [0.2, 0.25) is 0 Å². The van der Waals surface area contributed by atoms with Gasteiger partial charge in [0, 0.05) is 38.1 Å². The van der Waals surface area contributed by atoms with Crippen LogP contribution in [0.15, 0.2) is 12.3 Å². The largest absolute Gasteiger partial charge is 0.384 e. The van der Waals surface area contributed by atoms with Gasteiger partial charge >= 0.3 is 0 Å². The van der Waals surface area contributed by atoms with Crippen molar-refractivity contribution in [3.05, 3.63) is 17.4 Å². The predicted octanol–water partition coefficient (Wildman–Crippen LogP) is 2.06. The standard InChI is InChI=1S/C14H22ClN7OS/c1-2-22-14-12(13(15)20-22)11(3-6-18-14)19-9-10-4-7-21(8-5-10)24(16,17)23/h3,6,10H,2,4-5,7-9H2,1H3,(H,18,19)(H3,16,17,23). The molecule has 2 aromatic heterocycles. The number of rotatable bonds is 5. The molecule has 10 heteroatoms. The van der Waals surface area contributed by atoms with E-state index in [1.54, 1.807) is 15.2 Å². The molecule has 2 aromatic rings. The Morgan fingerprint density at radius 1 is 1.50 bits per heavy atom. The highest BCUT2D eigenvalue weighted by Crippen LogP contribution is 2.29. The Morgan fingerprint density at radius 2 is 2.21 bits per heavy atom. The second-order valence-electron chi connectivity index (χ2n) is 5.99. The minimum atomic E-state index is -3.07. The Bertz CT molecular complexity index is 827. The van der Waals surface area contributed by atoms with Crippen molar-refractivity contribution in [1.29, 1.82) is 4.78 Å². The molecule has 0 bridgehead atoms. The van der Waals surface area contributed by atoms with Crippen LogP contribution in [0.3, 0.4) is 0 Å². The number of hydrogen-bond donors (Lipinski definition) is 3. The Labute approximate surface area is 146 Å². The first kappa shape index (κ1) is 17.4. The molecular weight excluding hydrogens is 350 g/mol. The minimum Gasteiger partial charge on any atom is -0.384 e. The molecule has 1 atom stereocenters. The number of piperidine rings is 1. The van der Waals surface area contributed by atoms with E-state index < -0.39 is 10.1 Å². The molecule has 0 radical (unpaired) electrons. The fourth-order valence-corrected chi connectivity index (χ4v) is 4.09. The van der Waals surface area contributed by atoms with Gasteiger partial charge in [-0.2, -0.15) is 5.10 Å². The number of fused-ring (bicyclic) bond motifs is 1. The van der Waals surface area contributed by atoms with E-state index in [-0.39, 0.29) is 0 Å². The SMILES string of the molecule is CCn1nc(Cl)c2c(NCC3CCN(S(=N)(N)=O)CC3)ccnc21. The molecule has 0 aromatic carbocycles. The number of nitrogens with zero attached hydrogens (tertiary/aromatic N) is 4. The van der Waals surface area contributed by atoms with Gasteiger partial charge in [-0.15, -0.1) is 0 Å². The van der Waals surface area contributed by atoms with Gasteiger partial charge in [0.05, 0.1) is 5.39 Å². The van der Waals surface area contributed by atoms with Crippen molar-refractivity contribution < 1.29 is 4.21 Å². The number of nitrogens with two attached hydrogens (primary N) is 1. The number of aromatic nitrogens is 3. The van der Waals surface area contributed by atoms with Gasteiger partial charge in [0.1, 0.15) is 0 Å². The Hall–Kier alpha value is -1.42. The molecule has 132 valence electrons. The second kappa shape index (κ2) is 6.83. The van der Waals surface area contributed by atoms with Gasteiger partial charge in [-0.1, -0.05) is 11.6 Å². The third kappa shape index (κ3) is 3.49. The van der Waals surface area contributed by atoms with Crippen LogP contribution in [0.1, 0.15) is 19.8 Å². The smallest absolute Gasteiger partial charge is 0.169 e. The summed E-state index contributed by atoms with van der Waals surface area (Å²) in [6.07, 6.45) is 3.47. The number of anilines is 1. The van der Waals surface area contributed by atoms with E-state index in [9.17, 15) is 4.21 Å². The summed E-state index contributed by atoms with van der Waals surface area (Å²) in [5, 5.41) is 14.4. The van der Waals surface area contributed by atoms with Crippen molar-refractivity contribution in [2.24, 2.45) is 11.1 Å². The molecule has 1 saturated heterocycles. The van der Waals surface area contributed by atoms with Crippen molar-refractivity contribution in [2.45, 2.75) is 26.3 Å². The first-order chi connectivity index (χ1) is 11.4. The lowest BCUT2D eigenvalue weighted by Crippen LogP contribution is -2.42. The number of halogens is 1. The fraction of sp³-hybridized carbons (Fsp3) is 0.571. The van der Waals surface area contributed by atoms with Crippen LogP contribution in [-0.2, 0) is 16.6 Å². The Kier molecular flexibility index (Phi) is 4.95. The molecule has 1 aliphatic heterocycles. The zero-order valence-corrected chi connectivity index (χ0v) is 15.1. The van der Waals surface area contributed by atoms with E-state index in [2.05, 4.69) is 15.4 Å². The average Bonchev–Trinajstić information content (AvgIpc) is 2.89. The zero-order chi connectivity index (χ0) is 17.3. The summed E-state index contributed by atoms with van der Waals surface area (Å²) >= 11 is 6.27. The van der Waals surface area contributed by atoms with Crippen LogP contribution in [0.4, 0.5) is 5.69 Å². The van der Waals surface area contributed by atoms with Gasteiger partial charge in [-0.3, -0.25) is 0 Å². The van der Waals surface area contributed by atoms with Crippen LogP contribution < -0.4 is 10.5 Å². The molecule has 3 heterocycles. The molecule has 24 heavy (non-hydrogen) atoms. The highest BCUT2D eigenvalue weighted by Gasteiger charge is 2.23. The molecular formula is C14H22ClN7OS. The average molecular weight is 372 g/mol. The first-order valence-electron chi connectivity index (χ1n) is 7.96. The maximum Gasteiger partial charge on any atom is 0.169 e. The lowest BCUT2D eigenvalue weighted by atomic mass is 9.98. The molecule has 8 nitrogen and oxygen atoms in total. The molecule has 0 saturated carbocycles. The van der Waals surface area contributed by atoms with Crippen molar-refractivity contribution in [2.75, 3.05) is 25.0 Å². The normalized spacial score (nSPS) is 19.5. The van der Waals surface area contributed by atoms with Crippen LogP contribution in [0.2, 0.25) is 5.15 Å². The summed E-state index contributed by atoms with van der Waals surface area (Å²) in [6, 6.07) is 1.90. The van der Waals surface area contributed by atoms with E-state index in [1.165, 1.54) is 0 Å². The van der Waals surface area contributed by atoms with Gasteiger partial charge < -0.3 is 5.32 Å². The third-order valence-electron chi connectivity index (χ3n) is 4.43. The van der Waals surface area contributed by atoms with E-state index in [0.29, 0.717) is 30.7 Å². The van der Waals surface area contributed by atoms with Gasteiger partial charge in [-0.25, -0.2) is 28.1 Å². The van der Waals surface area contributed by atoms with Crippen LogP contribution in [0.5, 0.6) is 0 Å². The van der Waals surface area contributed by atoms with Crippen molar-refractivity contribution in [3.63, 3.8) is 0 Å². The summed E-state index contributed by atoms with van der Waals surface area (Å²) in [7, 11) is -3.07. The number of aryl methyl sites for hydroxylation is 1. The number of hydrogen-bond acceptors (Lipinski definition) is 5. The maximum absolute atomic E-state index is 11.6. The van der Waals surface area contributed by atoms with Crippen molar-refractivity contribution in [1.82, 2.24) is 19.1 Å². The predicted molar refractivity (Wildman–Crippen MR) is 96.0 cm³/mol. The summed E-state index contributed by atoms with van der Waals surface area (Å²) < 4.78 is 22.4. The molecule has 3 rings (SSSR count). The lowest BCUT2D eigenvalue weighted by molar-refractivity contribution is 0.290. The first-order valence-corrected chi connectivity index (χ1v) is 9.92. The summed E-state index contributed by atoms with van der Waals surface area (Å²) in [6.45, 7) is 4.67. The monoisotopic (exact) mass is 371 g/mol. The molecule has 1 unspecified atom stereocenters. The molecule has 4 N–H and O–H groups in total. The highest BCUT2D eigenvalue weighted by molar-refractivity contribution is 7.87. The fourth-order valence-electron chi connectivity index (χ4n) is 3.06. The molecule has 1 fully saturated rings. The zero-order valence-electron chi connectivity index (χ0n) is 13.5. The van der Waals surface area contributed by atoms with Crippen molar-refractivity contribution in [3.8, 4) is 0 Å². The van der Waals surface area contributed by atoms with Crippen LogP contribution >= 0.6 is 11.6 Å². The number of nitrogens with one attached hydrogen (secondary N) is 2. The Morgan fingerprint density at radius 3 is 2.83 bits per heavy atom.